The van der Waals surface area contributed by atoms with E-state index in [1.807, 2.05) is 0 Å². The molecule has 6 aromatic heterocycles. The molecule has 0 spiro atoms. The van der Waals surface area contributed by atoms with E-state index in [4.69, 9.17) is 0 Å². The van der Waals surface area contributed by atoms with Gasteiger partial charge in [0.15, 0.2) is 0 Å². The van der Waals surface area contributed by atoms with E-state index in [9.17, 15) is 0 Å². The molecule has 0 radical (unpaired) electrons. The van der Waals surface area contributed by atoms with Crippen LogP contribution in [0.15, 0.2) is 158 Å². The van der Waals surface area contributed by atoms with E-state index in [0.717, 1.165) is 77.0 Å². The summed E-state index contributed by atoms with van der Waals surface area (Å²) in [4.78, 5) is 24.8. The van der Waals surface area contributed by atoms with Crippen LogP contribution in [-0.4, -0.2) is 29.9 Å². The summed E-state index contributed by atoms with van der Waals surface area (Å²) in [6.45, 7) is 0. The van der Waals surface area contributed by atoms with Gasteiger partial charge in [0.25, 0.3) is 0 Å². The number of rotatable bonds is 0. The number of aromatic amines is 6. The molecule has 18 rings (SSSR count). The monoisotopic (exact) mass is 836 g/mol. The maximum atomic E-state index is 4.20. The average molecular weight is 837 g/mol. The molecular formula is C60H32N6. The number of H-pyrrole nitrogens is 6. The lowest BCUT2D eigenvalue weighted by atomic mass is 9.92. The van der Waals surface area contributed by atoms with Crippen molar-refractivity contribution in [1.29, 1.82) is 0 Å². The number of aromatic nitrogens is 6. The second-order valence-corrected chi connectivity index (χ2v) is 18.7. The van der Waals surface area contributed by atoms with Gasteiger partial charge in [-0.2, -0.15) is 0 Å². The molecule has 302 valence electrons. The van der Waals surface area contributed by atoms with E-state index >= 15 is 0 Å². The Morgan fingerprint density at radius 3 is 0.621 bits per heavy atom. The van der Waals surface area contributed by atoms with Crippen LogP contribution in [0.25, 0.3) is 185 Å². The molecule has 18 aromatic rings. The van der Waals surface area contributed by atoms with Crippen LogP contribution >= 0.6 is 0 Å². The quantitative estimate of drug-likeness (QED) is 0.0878. The highest BCUT2D eigenvalue weighted by Gasteiger charge is 2.28. The minimum Gasteiger partial charge on any atom is -0.354 e. The molecular weight excluding hydrogens is 805 g/mol. The van der Waals surface area contributed by atoms with Crippen LogP contribution < -0.4 is 0 Å². The third-order valence-corrected chi connectivity index (χ3v) is 15.8. The molecule has 0 aliphatic heterocycles. The Hall–Kier alpha value is -9.00. The Kier molecular flexibility index (Phi) is 5.36. The van der Waals surface area contributed by atoms with Crippen LogP contribution in [0.1, 0.15) is 0 Å². The summed E-state index contributed by atoms with van der Waals surface area (Å²) < 4.78 is 0. The van der Waals surface area contributed by atoms with Crippen molar-refractivity contribution in [3.05, 3.63) is 158 Å². The number of benzene rings is 11. The van der Waals surface area contributed by atoms with Crippen LogP contribution in [0.4, 0.5) is 0 Å². The van der Waals surface area contributed by atoms with E-state index < -0.39 is 0 Å². The summed E-state index contributed by atoms with van der Waals surface area (Å²) in [5.74, 6) is 0. The molecule has 0 saturated heterocycles. The molecule has 0 amide bonds. The summed E-state index contributed by atoms with van der Waals surface area (Å²) in [5, 5.41) is 26.7. The van der Waals surface area contributed by atoms with Crippen molar-refractivity contribution in [3.63, 3.8) is 0 Å². The van der Waals surface area contributed by atoms with E-state index in [1.165, 1.54) is 108 Å². The second kappa shape index (κ2) is 10.8. The van der Waals surface area contributed by atoms with Crippen molar-refractivity contribution in [2.24, 2.45) is 0 Å². The Morgan fingerprint density at radius 2 is 0.364 bits per heavy atom. The summed E-state index contributed by atoms with van der Waals surface area (Å²) in [7, 11) is 0. The molecule has 0 aliphatic carbocycles. The number of hydrogen-bond acceptors (Lipinski definition) is 0. The van der Waals surface area contributed by atoms with Gasteiger partial charge in [-0.15, -0.1) is 0 Å². The maximum Gasteiger partial charge on any atom is 0.0552 e. The Balaban J connectivity index is 1.29. The van der Waals surface area contributed by atoms with Crippen LogP contribution in [0.2, 0.25) is 0 Å². The predicted molar refractivity (Wildman–Crippen MR) is 281 cm³/mol. The van der Waals surface area contributed by atoms with Gasteiger partial charge in [-0.3, -0.25) is 0 Å². The fourth-order valence-electron chi connectivity index (χ4n) is 13.2. The minimum atomic E-state index is 1.09. The maximum absolute atomic E-state index is 4.20. The third-order valence-electron chi connectivity index (χ3n) is 15.8. The standard InChI is InChI=1S/C60H32N6/c1-2-14-28-27(13-1)41-25-39-43-45-47-49-50-48-46-44-40-26-42(28)62-52(40)30-16-4-6-18-32(30)54(44)64-56(46)34-20-8-10-22-36(34)58(48)66-60(50)38-24-12-11-23-37(38)59(49)65-57(47)35-21-9-7-19-33(35)55(45)63-53(43)31-17-5-3-15-29(31)51(39)61-41/h1-26,61-66H. The van der Waals surface area contributed by atoms with Crippen LogP contribution in [0.3, 0.4) is 0 Å². The molecule has 66 heavy (non-hydrogen) atoms. The predicted octanol–water partition coefficient (Wildman–Crippen LogP) is 16.7. The van der Waals surface area contributed by atoms with Crippen molar-refractivity contribution in [1.82, 2.24) is 29.9 Å². The molecule has 12 aromatic carbocycles. The highest BCUT2D eigenvalue weighted by atomic mass is 14.8. The Labute approximate surface area is 370 Å². The molecule has 0 unspecified atom stereocenters. The van der Waals surface area contributed by atoms with Gasteiger partial charge in [-0.1, -0.05) is 146 Å². The molecule has 0 atom stereocenters. The summed E-state index contributed by atoms with van der Waals surface area (Å²) >= 11 is 0. The van der Waals surface area contributed by atoms with E-state index in [-0.39, 0.29) is 0 Å². The SMILES string of the molecule is c1ccc2c3cc4c([nH]3)c3ccccc3c3[nH]c5c6ccccc6c6[nH]c7c8ccccc8c8[nH]c9c%10ccccc%10c%10[nH]c%11c%12ccccc%12c%12[nH]c(cc%12c%11c%10c9c8c7c6c5c43)c2c1. The molecule has 6 heteroatoms. The average Bonchev–Trinajstić information content (AvgIpc) is 4.23. The molecule has 0 aliphatic rings. The summed E-state index contributed by atoms with van der Waals surface area (Å²) in [6, 6.07) is 58.4. The zero-order valence-electron chi connectivity index (χ0n) is 35.0. The number of fused-ring (bicyclic) bond motifs is 20. The molecule has 6 heterocycles. The molecule has 0 fully saturated rings. The minimum absolute atomic E-state index is 1.09. The Bertz CT molecular complexity index is 4930. The number of hydrogen-bond donors (Lipinski definition) is 6. The van der Waals surface area contributed by atoms with E-state index in [2.05, 4.69) is 188 Å². The Morgan fingerprint density at radius 1 is 0.167 bits per heavy atom. The number of nitrogens with one attached hydrogen (secondary N) is 6. The largest absolute Gasteiger partial charge is 0.354 e. The van der Waals surface area contributed by atoms with Gasteiger partial charge in [0.2, 0.25) is 0 Å². The first-order valence-electron chi connectivity index (χ1n) is 22.9. The van der Waals surface area contributed by atoms with Crippen molar-refractivity contribution in [2.45, 2.75) is 0 Å². The first-order chi connectivity index (χ1) is 32.8. The van der Waals surface area contributed by atoms with Gasteiger partial charge in [-0.05, 0) is 12.1 Å². The van der Waals surface area contributed by atoms with Crippen LogP contribution in [0.5, 0.6) is 0 Å². The molecule has 6 nitrogen and oxygen atoms in total. The normalized spacial score (nSPS) is 13.2. The van der Waals surface area contributed by atoms with E-state index in [1.54, 1.807) is 0 Å². The van der Waals surface area contributed by atoms with Crippen molar-refractivity contribution < 1.29 is 0 Å². The lowest BCUT2D eigenvalue weighted by Crippen LogP contribution is -1.82. The lowest BCUT2D eigenvalue weighted by molar-refractivity contribution is 1.56. The second-order valence-electron chi connectivity index (χ2n) is 18.7. The zero-order valence-corrected chi connectivity index (χ0v) is 35.0. The fraction of sp³-hybridized carbons (Fsp3) is 0. The van der Waals surface area contributed by atoms with Gasteiger partial charge in [0.05, 0.1) is 55.2 Å². The fourth-order valence-corrected chi connectivity index (χ4v) is 13.2. The highest BCUT2D eigenvalue weighted by molar-refractivity contribution is 6.51. The first-order valence-corrected chi connectivity index (χ1v) is 22.9. The van der Waals surface area contributed by atoms with Gasteiger partial charge in [-0.25, -0.2) is 0 Å². The van der Waals surface area contributed by atoms with Gasteiger partial charge >= 0.3 is 0 Å². The third kappa shape index (κ3) is 3.54. The van der Waals surface area contributed by atoms with Gasteiger partial charge < -0.3 is 29.9 Å². The highest BCUT2D eigenvalue weighted by Crippen LogP contribution is 2.54. The van der Waals surface area contributed by atoms with Crippen molar-refractivity contribution in [2.75, 3.05) is 0 Å². The summed E-state index contributed by atoms with van der Waals surface area (Å²) in [6.07, 6.45) is 0. The molecule has 6 N–H and O–H groups in total. The summed E-state index contributed by atoms with van der Waals surface area (Å²) in [5.41, 5.74) is 13.7. The van der Waals surface area contributed by atoms with Crippen molar-refractivity contribution in [3.8, 4) is 0 Å². The van der Waals surface area contributed by atoms with Gasteiger partial charge in [0, 0.05) is 130 Å². The molecule has 0 saturated carbocycles. The van der Waals surface area contributed by atoms with Gasteiger partial charge in [0.1, 0.15) is 0 Å². The van der Waals surface area contributed by atoms with Crippen LogP contribution in [0, 0.1) is 0 Å². The van der Waals surface area contributed by atoms with Crippen LogP contribution in [-0.2, 0) is 0 Å². The topological polar surface area (TPSA) is 94.7 Å². The zero-order chi connectivity index (χ0) is 42.3. The lowest BCUT2D eigenvalue weighted by Gasteiger charge is -2.08. The van der Waals surface area contributed by atoms with E-state index in [0.29, 0.717) is 0 Å². The first kappa shape index (κ1) is 32.6. The van der Waals surface area contributed by atoms with Crippen molar-refractivity contribution >= 4 is 185 Å². The smallest absolute Gasteiger partial charge is 0.0552 e. The molecule has 4 bridgehead atoms.